The summed E-state index contributed by atoms with van der Waals surface area (Å²) in [5.74, 6) is 2.03. The second-order valence-electron chi connectivity index (χ2n) is 7.20. The van der Waals surface area contributed by atoms with E-state index in [1.807, 2.05) is 54.6 Å². The number of carbonyl (C=O) groups excluding carboxylic acids is 1. The number of nitrogens with zero attached hydrogens (tertiary/aromatic N) is 2. The first kappa shape index (κ1) is 21.7. The van der Waals surface area contributed by atoms with Crippen molar-refractivity contribution in [1.29, 1.82) is 0 Å². The standard InChI is InChI=1S/C25H24ClN3O3/c26-19-11-13-21(14-12-19)32-18-25(30)27-17-24-28-22-9-4-5-10-23(22)29(24)15-6-16-31-20-7-2-1-3-8-20/h1-5,7-14H,6,15-18H2,(H,27,30). The Labute approximate surface area is 191 Å². The zero-order valence-electron chi connectivity index (χ0n) is 17.5. The van der Waals surface area contributed by atoms with Crippen LogP contribution < -0.4 is 14.8 Å². The fourth-order valence-corrected chi connectivity index (χ4v) is 3.47. The fourth-order valence-electron chi connectivity index (χ4n) is 3.35. The van der Waals surface area contributed by atoms with E-state index in [1.54, 1.807) is 24.3 Å². The largest absolute Gasteiger partial charge is 0.494 e. The number of halogens is 1. The zero-order chi connectivity index (χ0) is 22.2. The van der Waals surface area contributed by atoms with Crippen LogP contribution >= 0.6 is 11.6 Å². The molecule has 0 aliphatic heterocycles. The number of aryl methyl sites for hydroxylation is 1. The van der Waals surface area contributed by atoms with E-state index in [0.29, 0.717) is 23.9 Å². The normalized spacial score (nSPS) is 10.8. The smallest absolute Gasteiger partial charge is 0.258 e. The molecule has 1 N–H and O–H groups in total. The van der Waals surface area contributed by atoms with Gasteiger partial charge >= 0.3 is 0 Å². The summed E-state index contributed by atoms with van der Waals surface area (Å²) in [5, 5.41) is 3.51. The highest BCUT2D eigenvalue weighted by molar-refractivity contribution is 6.30. The molecule has 164 valence electrons. The Morgan fingerprint density at radius 1 is 0.906 bits per heavy atom. The molecule has 0 saturated heterocycles. The van der Waals surface area contributed by atoms with Crippen molar-refractivity contribution < 1.29 is 14.3 Å². The van der Waals surface area contributed by atoms with Crippen LogP contribution in [0, 0.1) is 0 Å². The molecule has 7 heteroatoms. The van der Waals surface area contributed by atoms with Gasteiger partial charge in [-0.1, -0.05) is 41.9 Å². The summed E-state index contributed by atoms with van der Waals surface area (Å²) in [6.07, 6.45) is 0.815. The molecule has 4 aromatic rings. The number of fused-ring (bicyclic) bond motifs is 1. The summed E-state index contributed by atoms with van der Waals surface area (Å²) >= 11 is 5.86. The van der Waals surface area contributed by atoms with Crippen LogP contribution in [-0.4, -0.2) is 28.7 Å². The van der Waals surface area contributed by atoms with Gasteiger partial charge in [-0.25, -0.2) is 4.98 Å². The van der Waals surface area contributed by atoms with Crippen molar-refractivity contribution in [2.75, 3.05) is 13.2 Å². The van der Waals surface area contributed by atoms with Gasteiger partial charge in [-0.2, -0.15) is 0 Å². The van der Waals surface area contributed by atoms with E-state index < -0.39 is 0 Å². The molecule has 0 atom stereocenters. The van der Waals surface area contributed by atoms with E-state index in [-0.39, 0.29) is 12.5 Å². The zero-order valence-corrected chi connectivity index (χ0v) is 18.3. The minimum absolute atomic E-state index is 0.0766. The highest BCUT2D eigenvalue weighted by Gasteiger charge is 2.12. The maximum Gasteiger partial charge on any atom is 0.258 e. The number of hydrogen-bond acceptors (Lipinski definition) is 4. The predicted octanol–water partition coefficient (Wildman–Crippen LogP) is 4.85. The van der Waals surface area contributed by atoms with Gasteiger partial charge < -0.3 is 19.4 Å². The molecule has 0 saturated carbocycles. The van der Waals surface area contributed by atoms with Gasteiger partial charge in [0.15, 0.2) is 6.61 Å². The van der Waals surface area contributed by atoms with E-state index in [1.165, 1.54) is 0 Å². The summed E-state index contributed by atoms with van der Waals surface area (Å²) in [6.45, 7) is 1.57. The van der Waals surface area contributed by atoms with Crippen LogP contribution in [0.4, 0.5) is 0 Å². The Morgan fingerprint density at radius 2 is 1.62 bits per heavy atom. The lowest BCUT2D eigenvalue weighted by Gasteiger charge is -2.11. The molecular formula is C25H24ClN3O3. The molecule has 3 aromatic carbocycles. The van der Waals surface area contributed by atoms with E-state index in [2.05, 4.69) is 9.88 Å². The Balaban J connectivity index is 1.34. The molecule has 4 rings (SSSR count). The number of benzene rings is 3. The number of rotatable bonds is 10. The van der Waals surface area contributed by atoms with Gasteiger partial charge in [0.1, 0.15) is 17.3 Å². The molecule has 0 fully saturated rings. The Hall–Kier alpha value is -3.51. The number of para-hydroxylation sites is 3. The van der Waals surface area contributed by atoms with Gasteiger partial charge in [0, 0.05) is 11.6 Å². The number of ether oxygens (including phenoxy) is 2. The number of amides is 1. The van der Waals surface area contributed by atoms with Crippen molar-refractivity contribution in [2.24, 2.45) is 0 Å². The Bertz CT molecular complexity index is 1160. The van der Waals surface area contributed by atoms with E-state index in [9.17, 15) is 4.79 Å². The average molecular weight is 450 g/mol. The molecule has 0 radical (unpaired) electrons. The minimum atomic E-state index is -0.217. The number of hydrogen-bond donors (Lipinski definition) is 1. The first-order chi connectivity index (χ1) is 15.7. The number of nitrogens with one attached hydrogen (secondary N) is 1. The van der Waals surface area contributed by atoms with Crippen LogP contribution in [-0.2, 0) is 17.9 Å². The Morgan fingerprint density at radius 3 is 2.44 bits per heavy atom. The first-order valence-corrected chi connectivity index (χ1v) is 10.8. The third-order valence-electron chi connectivity index (χ3n) is 4.90. The number of aromatic nitrogens is 2. The third-order valence-corrected chi connectivity index (χ3v) is 5.15. The second-order valence-corrected chi connectivity index (χ2v) is 7.64. The summed E-state index contributed by atoms with van der Waals surface area (Å²) < 4.78 is 13.4. The lowest BCUT2D eigenvalue weighted by molar-refractivity contribution is -0.123. The molecule has 0 bridgehead atoms. The van der Waals surface area contributed by atoms with Gasteiger partial charge in [0.05, 0.1) is 24.2 Å². The summed E-state index contributed by atoms with van der Waals surface area (Å²) in [5.41, 5.74) is 1.94. The second kappa shape index (κ2) is 10.7. The highest BCUT2D eigenvalue weighted by Crippen LogP contribution is 2.18. The minimum Gasteiger partial charge on any atom is -0.494 e. The topological polar surface area (TPSA) is 65.4 Å². The van der Waals surface area contributed by atoms with Crippen molar-refractivity contribution in [2.45, 2.75) is 19.5 Å². The molecule has 0 spiro atoms. The van der Waals surface area contributed by atoms with Crippen LogP contribution in [0.2, 0.25) is 5.02 Å². The molecule has 1 aromatic heterocycles. The van der Waals surface area contributed by atoms with Crippen molar-refractivity contribution in [3.8, 4) is 11.5 Å². The number of carbonyl (C=O) groups is 1. The van der Waals surface area contributed by atoms with Crippen LogP contribution in [0.25, 0.3) is 11.0 Å². The first-order valence-electron chi connectivity index (χ1n) is 10.5. The van der Waals surface area contributed by atoms with Crippen molar-refractivity contribution >= 4 is 28.5 Å². The Kier molecular flexibility index (Phi) is 7.25. The van der Waals surface area contributed by atoms with Gasteiger partial charge in [-0.3, -0.25) is 4.79 Å². The molecule has 0 aliphatic rings. The molecule has 0 aliphatic carbocycles. The lowest BCUT2D eigenvalue weighted by atomic mass is 10.3. The van der Waals surface area contributed by atoms with E-state index in [4.69, 9.17) is 26.1 Å². The number of imidazole rings is 1. The maximum absolute atomic E-state index is 12.3. The fraction of sp³-hybridized carbons (Fsp3) is 0.200. The van der Waals surface area contributed by atoms with Gasteiger partial charge in [-0.15, -0.1) is 0 Å². The van der Waals surface area contributed by atoms with Crippen molar-refractivity contribution in [1.82, 2.24) is 14.9 Å². The SMILES string of the molecule is O=C(COc1ccc(Cl)cc1)NCc1nc2ccccc2n1CCCOc1ccccc1. The average Bonchev–Trinajstić information content (AvgIpc) is 3.18. The summed E-state index contributed by atoms with van der Waals surface area (Å²) in [6, 6.07) is 24.6. The van der Waals surface area contributed by atoms with Gasteiger partial charge in [0.25, 0.3) is 5.91 Å². The van der Waals surface area contributed by atoms with Crippen LogP contribution in [0.3, 0.4) is 0 Å². The quantitative estimate of drug-likeness (QED) is 0.351. The van der Waals surface area contributed by atoms with Gasteiger partial charge in [0.2, 0.25) is 0 Å². The molecule has 1 heterocycles. The molecular weight excluding hydrogens is 426 g/mol. The third kappa shape index (κ3) is 5.80. The van der Waals surface area contributed by atoms with Gasteiger partial charge in [-0.05, 0) is 55.0 Å². The highest BCUT2D eigenvalue weighted by atomic mass is 35.5. The molecule has 6 nitrogen and oxygen atoms in total. The maximum atomic E-state index is 12.3. The van der Waals surface area contributed by atoms with Crippen molar-refractivity contribution in [3.05, 3.63) is 89.7 Å². The molecule has 0 unspecified atom stereocenters. The summed E-state index contributed by atoms with van der Waals surface area (Å²) in [4.78, 5) is 17.0. The van der Waals surface area contributed by atoms with Crippen LogP contribution in [0.15, 0.2) is 78.9 Å². The monoisotopic (exact) mass is 449 g/mol. The van der Waals surface area contributed by atoms with Crippen molar-refractivity contribution in [3.63, 3.8) is 0 Å². The molecule has 1 amide bonds. The van der Waals surface area contributed by atoms with Crippen LogP contribution in [0.1, 0.15) is 12.2 Å². The van der Waals surface area contributed by atoms with E-state index in [0.717, 1.165) is 35.6 Å². The molecule has 32 heavy (non-hydrogen) atoms. The lowest BCUT2D eigenvalue weighted by Crippen LogP contribution is -2.29. The van der Waals surface area contributed by atoms with Crippen LogP contribution in [0.5, 0.6) is 11.5 Å². The summed E-state index contributed by atoms with van der Waals surface area (Å²) in [7, 11) is 0. The van der Waals surface area contributed by atoms with E-state index >= 15 is 0 Å². The predicted molar refractivity (Wildman–Crippen MR) is 125 cm³/mol.